The molecule has 1 aromatic heterocycles. The molecule has 2 N–H and O–H groups in total. The highest BCUT2D eigenvalue weighted by atomic mass is 35.5. The Morgan fingerprint density at radius 3 is 2.65 bits per heavy atom. The molecule has 10 heteroatoms. The predicted molar refractivity (Wildman–Crippen MR) is 59.9 cm³/mol. The van der Waals surface area contributed by atoms with Crippen LogP contribution in [0.4, 0.5) is 10.7 Å². The Balaban J connectivity index is 2.86. The lowest BCUT2D eigenvalue weighted by atomic mass is 10.5. The van der Waals surface area contributed by atoms with Gasteiger partial charge in [0.25, 0.3) is 0 Å². The third-order valence-electron chi connectivity index (χ3n) is 1.45. The average Bonchev–Trinajstić information content (AvgIpc) is 2.13. The van der Waals surface area contributed by atoms with Crippen molar-refractivity contribution < 1.29 is 17.9 Å². The van der Waals surface area contributed by atoms with E-state index in [-0.39, 0.29) is 11.1 Å². The van der Waals surface area contributed by atoms with E-state index in [1.54, 1.807) is 11.6 Å². The Morgan fingerprint density at radius 1 is 1.47 bits per heavy atom. The lowest BCUT2D eigenvalue weighted by Gasteiger charge is -2.07. The fourth-order valence-corrected chi connectivity index (χ4v) is 1.80. The van der Waals surface area contributed by atoms with Gasteiger partial charge >= 0.3 is 16.3 Å². The van der Waals surface area contributed by atoms with Crippen molar-refractivity contribution >= 4 is 33.9 Å². The number of methoxy groups -OCH3 is 1. The van der Waals surface area contributed by atoms with E-state index in [4.69, 9.17) is 11.6 Å². The second-order valence-electron chi connectivity index (χ2n) is 2.85. The summed E-state index contributed by atoms with van der Waals surface area (Å²) in [5.41, 5.74) is 0.473. The molecule has 8 nitrogen and oxygen atoms in total. The van der Waals surface area contributed by atoms with E-state index in [0.717, 1.165) is 7.11 Å². The molecule has 1 aromatic rings. The van der Waals surface area contributed by atoms with Crippen molar-refractivity contribution in [2.75, 3.05) is 11.8 Å². The summed E-state index contributed by atoms with van der Waals surface area (Å²) in [6.07, 6.45) is -1.13. The molecule has 0 saturated carbocycles. The number of aromatic nitrogens is 2. The number of rotatable bonds is 3. The van der Waals surface area contributed by atoms with Crippen molar-refractivity contribution in [1.82, 2.24) is 14.7 Å². The van der Waals surface area contributed by atoms with Crippen molar-refractivity contribution in [2.45, 2.75) is 6.92 Å². The normalized spacial score (nSPS) is 10.8. The van der Waals surface area contributed by atoms with Gasteiger partial charge in [0.15, 0.2) is 0 Å². The van der Waals surface area contributed by atoms with E-state index in [1.165, 1.54) is 6.07 Å². The van der Waals surface area contributed by atoms with Crippen molar-refractivity contribution in [3.05, 3.63) is 16.9 Å². The molecule has 0 saturated heterocycles. The summed E-state index contributed by atoms with van der Waals surface area (Å²) in [4.78, 5) is 18.1. The van der Waals surface area contributed by atoms with Crippen LogP contribution in [-0.4, -0.2) is 31.6 Å². The summed E-state index contributed by atoms with van der Waals surface area (Å²) < 4.78 is 30.3. The summed E-state index contributed by atoms with van der Waals surface area (Å²) >= 11 is 5.61. The first-order valence-corrected chi connectivity index (χ1v) is 6.08. The molecule has 1 amide bonds. The molecule has 0 atom stereocenters. The molecule has 1 heterocycles. The lowest BCUT2D eigenvalue weighted by molar-refractivity contribution is 0.177. The van der Waals surface area contributed by atoms with Gasteiger partial charge in [0.2, 0.25) is 5.95 Å². The Hall–Kier alpha value is -1.61. The molecule has 0 spiro atoms. The molecule has 0 aliphatic rings. The maximum absolute atomic E-state index is 11.3. The molecule has 0 bridgehead atoms. The summed E-state index contributed by atoms with van der Waals surface area (Å²) in [5.74, 6) is -0.244. The van der Waals surface area contributed by atoms with E-state index in [0.29, 0.717) is 5.69 Å². The zero-order chi connectivity index (χ0) is 13.1. The number of aryl methyl sites for hydroxylation is 1. The summed E-state index contributed by atoms with van der Waals surface area (Å²) in [5, 5.41) is 0.0771. The number of halogens is 1. The first-order chi connectivity index (χ1) is 7.82. The highest BCUT2D eigenvalue weighted by Gasteiger charge is 2.16. The van der Waals surface area contributed by atoms with Gasteiger partial charge in [-0.15, -0.1) is 0 Å². The van der Waals surface area contributed by atoms with Gasteiger partial charge in [0.05, 0.1) is 7.11 Å². The molecule has 0 aliphatic heterocycles. The SMILES string of the molecule is COC(=O)NS(=O)(=O)Nc1nc(C)cc(Cl)n1. The standard InChI is InChI=1S/C7H9ClN4O4S/c1-4-3-5(8)10-6(9-4)11-17(14,15)12-7(13)16-2/h3H,1-2H3,(H,12,13)(H,9,10,11). The van der Waals surface area contributed by atoms with E-state index < -0.39 is 16.3 Å². The average molecular weight is 281 g/mol. The van der Waals surface area contributed by atoms with Gasteiger partial charge in [-0.1, -0.05) is 11.6 Å². The summed E-state index contributed by atoms with van der Waals surface area (Å²) in [6.45, 7) is 1.61. The van der Waals surface area contributed by atoms with Crippen molar-refractivity contribution in [3.8, 4) is 0 Å². The fourth-order valence-electron chi connectivity index (χ4n) is 0.873. The number of ether oxygens (including phenoxy) is 1. The van der Waals surface area contributed by atoms with Gasteiger partial charge in [-0.2, -0.15) is 8.42 Å². The van der Waals surface area contributed by atoms with Crippen LogP contribution in [0.25, 0.3) is 0 Å². The third-order valence-corrected chi connectivity index (χ3v) is 2.53. The smallest absolute Gasteiger partial charge is 0.422 e. The zero-order valence-corrected chi connectivity index (χ0v) is 10.5. The largest absolute Gasteiger partial charge is 0.452 e. The lowest BCUT2D eigenvalue weighted by Crippen LogP contribution is -2.35. The number of nitrogens with one attached hydrogen (secondary N) is 2. The van der Waals surface area contributed by atoms with E-state index in [2.05, 4.69) is 14.7 Å². The summed E-state index contributed by atoms with van der Waals surface area (Å²) in [7, 11) is -3.11. The number of carbonyl (C=O) groups excluding carboxylic acids is 1. The van der Waals surface area contributed by atoms with E-state index >= 15 is 0 Å². The molecule has 94 valence electrons. The van der Waals surface area contributed by atoms with Crippen molar-refractivity contribution in [3.63, 3.8) is 0 Å². The summed E-state index contributed by atoms with van der Waals surface area (Å²) in [6, 6.07) is 1.45. The van der Waals surface area contributed by atoms with Gasteiger partial charge < -0.3 is 4.74 Å². The number of anilines is 1. The minimum Gasteiger partial charge on any atom is -0.452 e. The maximum Gasteiger partial charge on any atom is 0.422 e. The molecule has 1 rings (SSSR count). The zero-order valence-electron chi connectivity index (χ0n) is 8.89. The molecule has 0 radical (unpaired) electrons. The molecule has 0 aliphatic carbocycles. The molecular formula is C7H9ClN4O4S. The van der Waals surface area contributed by atoms with Crippen LogP contribution < -0.4 is 9.44 Å². The topological polar surface area (TPSA) is 110 Å². The van der Waals surface area contributed by atoms with Gasteiger partial charge in [-0.25, -0.2) is 24.2 Å². The monoisotopic (exact) mass is 280 g/mol. The first-order valence-electron chi connectivity index (χ1n) is 4.22. The Bertz CT molecular complexity index is 512. The first kappa shape index (κ1) is 13.5. The van der Waals surface area contributed by atoms with Crippen LogP contribution in [0, 0.1) is 6.92 Å². The highest BCUT2D eigenvalue weighted by Crippen LogP contribution is 2.10. The molecule has 17 heavy (non-hydrogen) atoms. The molecular weight excluding hydrogens is 272 g/mol. The van der Waals surface area contributed by atoms with E-state index in [9.17, 15) is 13.2 Å². The number of carbonyl (C=O) groups is 1. The van der Waals surface area contributed by atoms with Crippen LogP contribution in [0.5, 0.6) is 0 Å². The fraction of sp³-hybridized carbons (Fsp3) is 0.286. The third kappa shape index (κ3) is 4.41. The van der Waals surface area contributed by atoms with Crippen LogP contribution in [-0.2, 0) is 14.9 Å². The number of amides is 1. The van der Waals surface area contributed by atoms with Crippen molar-refractivity contribution in [2.24, 2.45) is 0 Å². The van der Waals surface area contributed by atoms with Crippen LogP contribution in [0.2, 0.25) is 5.15 Å². The van der Waals surface area contributed by atoms with Crippen LogP contribution >= 0.6 is 11.6 Å². The van der Waals surface area contributed by atoms with Gasteiger partial charge in [0, 0.05) is 5.69 Å². The predicted octanol–water partition coefficient (Wildman–Crippen LogP) is 0.451. The maximum atomic E-state index is 11.3. The van der Waals surface area contributed by atoms with Crippen molar-refractivity contribution in [1.29, 1.82) is 0 Å². The minimum absolute atomic E-state index is 0.0771. The second kappa shape index (κ2) is 5.15. The van der Waals surface area contributed by atoms with Crippen LogP contribution in [0.1, 0.15) is 5.69 Å². The Morgan fingerprint density at radius 2 is 2.12 bits per heavy atom. The highest BCUT2D eigenvalue weighted by molar-refractivity contribution is 7.91. The number of hydrogen-bond acceptors (Lipinski definition) is 6. The van der Waals surface area contributed by atoms with Crippen LogP contribution in [0.3, 0.4) is 0 Å². The van der Waals surface area contributed by atoms with Gasteiger partial charge in [0.1, 0.15) is 5.15 Å². The van der Waals surface area contributed by atoms with Gasteiger partial charge in [-0.05, 0) is 13.0 Å². The second-order valence-corrected chi connectivity index (χ2v) is 4.66. The minimum atomic E-state index is -4.14. The number of nitrogens with zero attached hydrogens (tertiary/aromatic N) is 2. The number of hydrogen-bond donors (Lipinski definition) is 2. The van der Waals surface area contributed by atoms with Crippen LogP contribution in [0.15, 0.2) is 6.07 Å². The molecule has 0 fully saturated rings. The molecule has 0 aromatic carbocycles. The Kier molecular flexibility index (Phi) is 4.07. The Labute approximate surface area is 103 Å². The molecule has 0 unspecified atom stereocenters. The van der Waals surface area contributed by atoms with E-state index in [1.807, 2.05) is 4.72 Å². The quantitative estimate of drug-likeness (QED) is 0.778. The van der Waals surface area contributed by atoms with Gasteiger partial charge in [-0.3, -0.25) is 0 Å².